The van der Waals surface area contributed by atoms with Crippen LogP contribution in [-0.2, 0) is 12.4 Å². The van der Waals surface area contributed by atoms with E-state index >= 15 is 0 Å². The normalized spacial score (nSPS) is 12.3. The van der Waals surface area contributed by atoms with E-state index in [9.17, 15) is 31.4 Å². The average molecular weight is 379 g/mol. The summed E-state index contributed by atoms with van der Waals surface area (Å²) in [4.78, 5) is 8.15. The number of hydrogen-bond donors (Lipinski definition) is 1. The monoisotopic (exact) mass is 379 g/mol. The molecular formula is C16H15F6N3O. The van der Waals surface area contributed by atoms with Crippen molar-refractivity contribution in [3.63, 3.8) is 0 Å². The van der Waals surface area contributed by atoms with E-state index in [2.05, 4.69) is 9.97 Å². The highest BCUT2D eigenvalue weighted by Gasteiger charge is 2.39. The van der Waals surface area contributed by atoms with Gasteiger partial charge in [-0.1, -0.05) is 0 Å². The molecular weight excluding hydrogens is 364 g/mol. The number of aromatic nitrogens is 2. The highest BCUT2D eigenvalue weighted by atomic mass is 19.4. The Morgan fingerprint density at radius 3 is 1.77 bits per heavy atom. The van der Waals surface area contributed by atoms with Crippen LogP contribution >= 0.6 is 0 Å². The highest BCUT2D eigenvalue weighted by Crippen LogP contribution is 2.37. The van der Waals surface area contributed by atoms with E-state index < -0.39 is 35.3 Å². The molecule has 2 rings (SSSR count). The molecule has 0 saturated heterocycles. The summed E-state index contributed by atoms with van der Waals surface area (Å²) in [6.45, 7) is 4.93. The first-order valence-corrected chi connectivity index (χ1v) is 7.59. The van der Waals surface area contributed by atoms with Gasteiger partial charge in [0.1, 0.15) is 17.1 Å². The number of rotatable bonds is 4. The molecule has 4 nitrogen and oxygen atoms in total. The molecule has 0 bridgehead atoms. The number of halogens is 6. The van der Waals surface area contributed by atoms with Crippen LogP contribution in [0, 0.1) is 0 Å². The Morgan fingerprint density at radius 1 is 0.885 bits per heavy atom. The molecule has 1 aromatic heterocycles. The summed E-state index contributed by atoms with van der Waals surface area (Å²) in [5.41, 5.74) is -3.22. The fourth-order valence-corrected chi connectivity index (χ4v) is 2.35. The lowest BCUT2D eigenvalue weighted by Crippen LogP contribution is -2.21. The van der Waals surface area contributed by atoms with Gasteiger partial charge in [-0.15, -0.1) is 0 Å². The zero-order valence-corrected chi connectivity index (χ0v) is 13.8. The summed E-state index contributed by atoms with van der Waals surface area (Å²) in [5.74, 6) is -1.36. The molecule has 0 spiro atoms. The third kappa shape index (κ3) is 4.17. The first-order chi connectivity index (χ1) is 12.0. The van der Waals surface area contributed by atoms with Gasteiger partial charge in [-0.05, 0) is 32.0 Å². The smallest absolute Gasteiger partial charge is 0.433 e. The predicted molar refractivity (Wildman–Crippen MR) is 82.7 cm³/mol. The van der Waals surface area contributed by atoms with Gasteiger partial charge < -0.3 is 10.0 Å². The third-order valence-corrected chi connectivity index (χ3v) is 3.66. The Labute approximate surface area is 145 Å². The number of hydrogen-bond acceptors (Lipinski definition) is 4. The molecule has 1 N–H and O–H groups in total. The highest BCUT2D eigenvalue weighted by molar-refractivity contribution is 5.69. The van der Waals surface area contributed by atoms with Crippen molar-refractivity contribution in [3.05, 3.63) is 35.7 Å². The molecule has 0 unspecified atom stereocenters. The maximum atomic E-state index is 12.9. The number of benzene rings is 1. The van der Waals surface area contributed by atoms with Gasteiger partial charge >= 0.3 is 12.4 Å². The molecule has 142 valence electrons. The van der Waals surface area contributed by atoms with Gasteiger partial charge in [0.15, 0.2) is 5.82 Å². The van der Waals surface area contributed by atoms with Gasteiger partial charge in [-0.25, -0.2) is 9.97 Å². The molecule has 0 aliphatic heterocycles. The van der Waals surface area contributed by atoms with Gasteiger partial charge in [-0.2, -0.15) is 26.3 Å². The quantitative estimate of drug-likeness (QED) is 0.780. The summed E-state index contributed by atoms with van der Waals surface area (Å²) < 4.78 is 77.3. The van der Waals surface area contributed by atoms with Crippen LogP contribution in [0.5, 0.6) is 5.75 Å². The van der Waals surface area contributed by atoms with Crippen molar-refractivity contribution in [1.82, 2.24) is 9.97 Å². The summed E-state index contributed by atoms with van der Waals surface area (Å²) in [5, 5.41) is 10.1. The van der Waals surface area contributed by atoms with E-state index in [4.69, 9.17) is 0 Å². The van der Waals surface area contributed by atoms with Crippen LogP contribution in [-0.4, -0.2) is 28.2 Å². The zero-order chi connectivity index (χ0) is 19.7. The van der Waals surface area contributed by atoms with Crippen molar-refractivity contribution in [2.24, 2.45) is 0 Å². The fourth-order valence-electron chi connectivity index (χ4n) is 2.35. The number of phenols is 1. The van der Waals surface area contributed by atoms with Crippen molar-refractivity contribution in [1.29, 1.82) is 0 Å². The van der Waals surface area contributed by atoms with Gasteiger partial charge in [0.25, 0.3) is 0 Å². The van der Waals surface area contributed by atoms with E-state index in [1.807, 2.05) is 18.7 Å². The maximum Gasteiger partial charge on any atom is 0.433 e. The first-order valence-electron chi connectivity index (χ1n) is 7.59. The minimum Gasteiger partial charge on any atom is -0.507 e. The van der Waals surface area contributed by atoms with Gasteiger partial charge in [0.05, 0.1) is 5.56 Å². The second kappa shape index (κ2) is 7.00. The number of anilines is 1. The molecule has 0 saturated carbocycles. The van der Waals surface area contributed by atoms with Gasteiger partial charge in [-0.3, -0.25) is 0 Å². The molecule has 1 heterocycles. The van der Waals surface area contributed by atoms with E-state index in [0.717, 1.165) is 0 Å². The van der Waals surface area contributed by atoms with Gasteiger partial charge in [0.2, 0.25) is 0 Å². The number of alkyl halides is 6. The molecule has 26 heavy (non-hydrogen) atoms. The lowest BCUT2D eigenvalue weighted by molar-refractivity contribution is -0.147. The van der Waals surface area contributed by atoms with Crippen LogP contribution in [0.1, 0.15) is 25.2 Å². The summed E-state index contributed by atoms with van der Waals surface area (Å²) in [6, 6.07) is 3.75. The Bertz CT molecular complexity index is 752. The van der Waals surface area contributed by atoms with Crippen molar-refractivity contribution < 1.29 is 31.4 Å². The topological polar surface area (TPSA) is 49.2 Å². The standard InChI is InChI=1S/C16H15F6N3O/c1-3-25(4-2)9-5-6-10(11(26)7-9)14-23-12(15(17,18)19)8-13(24-14)16(20,21)22/h5-8,26H,3-4H2,1-2H3. The van der Waals surface area contributed by atoms with Gasteiger partial charge in [0, 0.05) is 24.8 Å². The Morgan fingerprint density at radius 2 is 1.38 bits per heavy atom. The van der Waals surface area contributed by atoms with Crippen molar-refractivity contribution >= 4 is 5.69 Å². The van der Waals surface area contributed by atoms with E-state index in [-0.39, 0.29) is 11.6 Å². The SMILES string of the molecule is CCN(CC)c1ccc(-c2nc(C(F)(F)F)cc(C(F)(F)F)n2)c(O)c1. The predicted octanol–water partition coefficient (Wildman–Crippen LogP) is 4.73. The minimum atomic E-state index is -5.09. The van der Waals surface area contributed by atoms with E-state index in [1.165, 1.54) is 18.2 Å². The molecule has 0 amide bonds. The van der Waals surface area contributed by atoms with Crippen LogP contribution in [0.2, 0.25) is 0 Å². The lowest BCUT2D eigenvalue weighted by Gasteiger charge is -2.21. The largest absolute Gasteiger partial charge is 0.507 e. The van der Waals surface area contributed by atoms with Crippen LogP contribution in [0.15, 0.2) is 24.3 Å². The Balaban J connectivity index is 2.61. The number of phenolic OH excluding ortho intramolecular Hbond substituents is 1. The molecule has 1 aromatic carbocycles. The Hall–Kier alpha value is -2.52. The van der Waals surface area contributed by atoms with Crippen molar-refractivity contribution in [2.45, 2.75) is 26.2 Å². The minimum absolute atomic E-state index is 0.162. The van der Waals surface area contributed by atoms with Crippen LogP contribution in [0.4, 0.5) is 32.0 Å². The number of aromatic hydroxyl groups is 1. The second-order valence-electron chi connectivity index (χ2n) is 5.33. The lowest BCUT2D eigenvalue weighted by atomic mass is 10.1. The van der Waals surface area contributed by atoms with Crippen molar-refractivity contribution in [2.75, 3.05) is 18.0 Å². The average Bonchev–Trinajstić information content (AvgIpc) is 2.54. The molecule has 0 aliphatic rings. The van der Waals surface area contributed by atoms with Crippen LogP contribution in [0.25, 0.3) is 11.4 Å². The molecule has 0 radical (unpaired) electrons. The second-order valence-corrected chi connectivity index (χ2v) is 5.33. The molecule has 0 atom stereocenters. The summed E-state index contributed by atoms with van der Waals surface area (Å²) >= 11 is 0. The molecule has 0 aliphatic carbocycles. The number of nitrogens with zero attached hydrogens (tertiary/aromatic N) is 3. The summed E-state index contributed by atoms with van der Waals surface area (Å²) in [7, 11) is 0. The van der Waals surface area contributed by atoms with E-state index in [0.29, 0.717) is 18.8 Å². The van der Waals surface area contributed by atoms with Crippen molar-refractivity contribution in [3.8, 4) is 17.1 Å². The fraction of sp³-hybridized carbons (Fsp3) is 0.375. The van der Waals surface area contributed by atoms with Crippen LogP contribution < -0.4 is 4.90 Å². The third-order valence-electron chi connectivity index (χ3n) is 3.66. The molecule has 2 aromatic rings. The van der Waals surface area contributed by atoms with Crippen LogP contribution in [0.3, 0.4) is 0 Å². The van der Waals surface area contributed by atoms with E-state index in [1.54, 1.807) is 0 Å². The Kier molecular flexibility index (Phi) is 5.33. The molecule has 10 heteroatoms. The zero-order valence-electron chi connectivity index (χ0n) is 13.8. The first kappa shape index (κ1) is 19.8. The molecule has 0 fully saturated rings. The summed E-state index contributed by atoms with van der Waals surface area (Å²) in [6.07, 6.45) is -10.2. The maximum absolute atomic E-state index is 12.9.